The first-order chi connectivity index (χ1) is 9.34. The Kier molecular flexibility index (Phi) is 5.85. The van der Waals surface area contributed by atoms with E-state index in [2.05, 4.69) is 10.6 Å². The van der Waals surface area contributed by atoms with Gasteiger partial charge in [0.15, 0.2) is 0 Å². The highest BCUT2D eigenvalue weighted by Crippen LogP contribution is 2.14. The van der Waals surface area contributed by atoms with Gasteiger partial charge in [0.2, 0.25) is 5.91 Å². The maximum absolute atomic E-state index is 11.6. The van der Waals surface area contributed by atoms with Gasteiger partial charge in [0.05, 0.1) is 12.6 Å². The molecule has 0 saturated carbocycles. The second-order valence-electron chi connectivity index (χ2n) is 4.86. The van der Waals surface area contributed by atoms with Gasteiger partial charge in [-0.2, -0.15) is 0 Å². The van der Waals surface area contributed by atoms with Gasteiger partial charge in [-0.15, -0.1) is 0 Å². The summed E-state index contributed by atoms with van der Waals surface area (Å²) in [5.74, 6) is 0.0381. The van der Waals surface area contributed by atoms with Gasteiger partial charge in [0.25, 0.3) is 0 Å². The maximum Gasteiger partial charge on any atom is 0.234 e. The van der Waals surface area contributed by atoms with Gasteiger partial charge in [-0.05, 0) is 31.4 Å². The fourth-order valence-corrected chi connectivity index (χ4v) is 2.20. The van der Waals surface area contributed by atoms with Crippen LogP contribution >= 0.6 is 0 Å². The standard InChI is InChI=1S/C15H22N2O2/c18-15(17-11-13-5-2-1-3-6-13)12-16-9-8-14-7-4-10-19-14/h1-3,5-6,14,16H,4,7-12H2,(H,17,18). The fourth-order valence-electron chi connectivity index (χ4n) is 2.20. The zero-order chi connectivity index (χ0) is 13.3. The Bertz CT molecular complexity index is 375. The average molecular weight is 262 g/mol. The van der Waals surface area contributed by atoms with Crippen molar-refractivity contribution in [1.29, 1.82) is 0 Å². The Morgan fingerprint density at radius 3 is 2.89 bits per heavy atom. The molecule has 0 aromatic heterocycles. The van der Waals surface area contributed by atoms with Crippen LogP contribution < -0.4 is 10.6 Å². The van der Waals surface area contributed by atoms with Crippen molar-refractivity contribution in [2.45, 2.75) is 31.9 Å². The van der Waals surface area contributed by atoms with Crippen LogP contribution in [-0.4, -0.2) is 31.7 Å². The van der Waals surface area contributed by atoms with Crippen molar-refractivity contribution in [1.82, 2.24) is 10.6 Å². The highest BCUT2D eigenvalue weighted by atomic mass is 16.5. The molecule has 4 heteroatoms. The molecule has 4 nitrogen and oxygen atoms in total. The second-order valence-corrected chi connectivity index (χ2v) is 4.86. The molecule has 2 N–H and O–H groups in total. The molecule has 1 aromatic rings. The summed E-state index contributed by atoms with van der Waals surface area (Å²) in [5, 5.41) is 6.05. The minimum atomic E-state index is 0.0381. The fraction of sp³-hybridized carbons (Fsp3) is 0.533. The Morgan fingerprint density at radius 1 is 1.32 bits per heavy atom. The van der Waals surface area contributed by atoms with Crippen LogP contribution in [0.2, 0.25) is 0 Å². The van der Waals surface area contributed by atoms with Gasteiger partial charge in [0.1, 0.15) is 0 Å². The van der Waals surface area contributed by atoms with Gasteiger partial charge in [-0.1, -0.05) is 30.3 Å². The van der Waals surface area contributed by atoms with Crippen LogP contribution in [0.4, 0.5) is 0 Å². The van der Waals surface area contributed by atoms with Gasteiger partial charge in [0, 0.05) is 13.2 Å². The molecule has 1 unspecified atom stereocenters. The number of hydrogen-bond donors (Lipinski definition) is 2. The van der Waals surface area contributed by atoms with Crippen LogP contribution in [0.15, 0.2) is 30.3 Å². The quantitative estimate of drug-likeness (QED) is 0.732. The van der Waals surface area contributed by atoms with E-state index in [9.17, 15) is 4.79 Å². The lowest BCUT2D eigenvalue weighted by atomic mass is 10.2. The summed E-state index contributed by atoms with van der Waals surface area (Å²) >= 11 is 0. The minimum Gasteiger partial charge on any atom is -0.378 e. The van der Waals surface area contributed by atoms with Crippen LogP contribution in [0.1, 0.15) is 24.8 Å². The molecule has 1 heterocycles. The van der Waals surface area contributed by atoms with E-state index >= 15 is 0 Å². The second kappa shape index (κ2) is 7.92. The summed E-state index contributed by atoms with van der Waals surface area (Å²) < 4.78 is 5.52. The summed E-state index contributed by atoms with van der Waals surface area (Å²) in [4.78, 5) is 11.6. The van der Waals surface area contributed by atoms with E-state index in [-0.39, 0.29) is 5.91 Å². The van der Waals surface area contributed by atoms with E-state index < -0.39 is 0 Å². The van der Waals surface area contributed by atoms with Crippen molar-refractivity contribution in [2.24, 2.45) is 0 Å². The molecule has 1 aliphatic rings. The zero-order valence-electron chi connectivity index (χ0n) is 11.2. The molecule has 1 fully saturated rings. The van der Waals surface area contributed by atoms with E-state index in [4.69, 9.17) is 4.74 Å². The van der Waals surface area contributed by atoms with Crippen LogP contribution in [0.3, 0.4) is 0 Å². The topological polar surface area (TPSA) is 50.4 Å². The van der Waals surface area contributed by atoms with Crippen molar-refractivity contribution < 1.29 is 9.53 Å². The van der Waals surface area contributed by atoms with E-state index in [0.717, 1.165) is 31.6 Å². The lowest BCUT2D eigenvalue weighted by Gasteiger charge is -2.10. The molecule has 0 spiro atoms. The molecule has 1 atom stereocenters. The van der Waals surface area contributed by atoms with Gasteiger partial charge < -0.3 is 15.4 Å². The lowest BCUT2D eigenvalue weighted by Crippen LogP contribution is -2.34. The Balaban J connectivity index is 1.52. The molecular weight excluding hydrogens is 240 g/mol. The van der Waals surface area contributed by atoms with Crippen LogP contribution in [0, 0.1) is 0 Å². The number of rotatable bonds is 7. The van der Waals surface area contributed by atoms with Crippen molar-refractivity contribution in [3.05, 3.63) is 35.9 Å². The molecule has 1 saturated heterocycles. The number of carbonyl (C=O) groups excluding carboxylic acids is 1. The first-order valence-electron chi connectivity index (χ1n) is 6.97. The van der Waals surface area contributed by atoms with Crippen molar-refractivity contribution in [3.63, 3.8) is 0 Å². The Morgan fingerprint density at radius 2 is 2.16 bits per heavy atom. The van der Waals surface area contributed by atoms with Crippen LogP contribution in [-0.2, 0) is 16.1 Å². The first-order valence-corrected chi connectivity index (χ1v) is 6.97. The number of nitrogens with one attached hydrogen (secondary N) is 2. The number of hydrogen-bond acceptors (Lipinski definition) is 3. The molecule has 0 radical (unpaired) electrons. The SMILES string of the molecule is O=C(CNCCC1CCCO1)NCc1ccccc1. The van der Waals surface area contributed by atoms with E-state index in [0.29, 0.717) is 19.2 Å². The Hall–Kier alpha value is -1.39. The molecule has 0 aliphatic carbocycles. The number of carbonyl (C=O) groups is 1. The molecule has 104 valence electrons. The number of ether oxygens (including phenoxy) is 1. The highest BCUT2D eigenvalue weighted by Gasteiger charge is 2.14. The largest absolute Gasteiger partial charge is 0.378 e. The number of benzene rings is 1. The van der Waals surface area contributed by atoms with Crippen molar-refractivity contribution >= 4 is 5.91 Å². The van der Waals surface area contributed by atoms with Gasteiger partial charge >= 0.3 is 0 Å². The van der Waals surface area contributed by atoms with Crippen molar-refractivity contribution in [3.8, 4) is 0 Å². The van der Waals surface area contributed by atoms with Gasteiger partial charge in [-0.3, -0.25) is 4.79 Å². The molecule has 1 aromatic carbocycles. The molecule has 2 rings (SSSR count). The minimum absolute atomic E-state index is 0.0381. The molecule has 1 amide bonds. The van der Waals surface area contributed by atoms with E-state index in [1.165, 1.54) is 6.42 Å². The monoisotopic (exact) mass is 262 g/mol. The molecule has 1 aliphatic heterocycles. The van der Waals surface area contributed by atoms with E-state index in [1.54, 1.807) is 0 Å². The number of amides is 1. The third-order valence-corrected chi connectivity index (χ3v) is 3.29. The summed E-state index contributed by atoms with van der Waals surface area (Å²) in [7, 11) is 0. The molecule has 19 heavy (non-hydrogen) atoms. The lowest BCUT2D eigenvalue weighted by molar-refractivity contribution is -0.120. The van der Waals surface area contributed by atoms with E-state index in [1.807, 2.05) is 30.3 Å². The zero-order valence-corrected chi connectivity index (χ0v) is 11.2. The summed E-state index contributed by atoms with van der Waals surface area (Å²) in [6.07, 6.45) is 3.70. The maximum atomic E-state index is 11.6. The summed E-state index contributed by atoms with van der Waals surface area (Å²) in [6, 6.07) is 9.93. The predicted octanol–water partition coefficient (Wildman–Crippen LogP) is 1.46. The molecule has 0 bridgehead atoms. The van der Waals surface area contributed by atoms with Crippen LogP contribution in [0.25, 0.3) is 0 Å². The summed E-state index contributed by atoms with van der Waals surface area (Å²) in [6.45, 7) is 2.69. The first kappa shape index (κ1) is 14.0. The average Bonchev–Trinajstić information content (AvgIpc) is 2.96. The normalized spacial score (nSPS) is 18.4. The predicted molar refractivity (Wildman–Crippen MR) is 74.7 cm³/mol. The van der Waals surface area contributed by atoms with Crippen molar-refractivity contribution in [2.75, 3.05) is 19.7 Å². The molecular formula is C15H22N2O2. The third kappa shape index (κ3) is 5.41. The van der Waals surface area contributed by atoms with Crippen LogP contribution in [0.5, 0.6) is 0 Å². The summed E-state index contributed by atoms with van der Waals surface area (Å²) in [5.41, 5.74) is 1.12. The smallest absolute Gasteiger partial charge is 0.234 e. The third-order valence-electron chi connectivity index (χ3n) is 3.29. The Labute approximate surface area is 114 Å². The highest BCUT2D eigenvalue weighted by molar-refractivity contribution is 5.77. The van der Waals surface area contributed by atoms with Gasteiger partial charge in [-0.25, -0.2) is 0 Å².